The third-order valence-corrected chi connectivity index (χ3v) is 4.45. The van der Waals surface area contributed by atoms with Crippen molar-refractivity contribution in [3.05, 3.63) is 94.5 Å². The molecule has 3 aromatic carbocycles. The minimum absolute atomic E-state index is 0.558. The summed E-state index contributed by atoms with van der Waals surface area (Å²) in [4.78, 5) is 0. The average Bonchev–Trinajstić information content (AvgIpc) is 2.65. The van der Waals surface area contributed by atoms with Gasteiger partial charge in [-0.15, -0.1) is 0 Å². The second kappa shape index (κ2) is 7.89. The molecule has 0 bridgehead atoms. The van der Waals surface area contributed by atoms with E-state index < -0.39 is 0 Å². The Morgan fingerprint density at radius 3 is 1.72 bits per heavy atom. The second-order valence-corrected chi connectivity index (χ2v) is 6.32. The summed E-state index contributed by atoms with van der Waals surface area (Å²) in [5, 5.41) is 0. The highest BCUT2D eigenvalue weighted by atomic mass is 16.5. The van der Waals surface area contributed by atoms with Gasteiger partial charge >= 0.3 is 0 Å². The highest BCUT2D eigenvalue weighted by Gasteiger charge is 2.13. The van der Waals surface area contributed by atoms with Crippen LogP contribution in [0.15, 0.2) is 66.7 Å². The highest BCUT2D eigenvalue weighted by Crippen LogP contribution is 2.34. The van der Waals surface area contributed by atoms with Crippen LogP contribution < -0.4 is 9.47 Å². The van der Waals surface area contributed by atoms with Gasteiger partial charge in [0.25, 0.3) is 0 Å². The fraction of sp³-hybridized carbons (Fsp3) is 0.217. The fourth-order valence-corrected chi connectivity index (χ4v) is 2.82. The molecule has 0 aliphatic carbocycles. The maximum atomic E-state index is 6.15. The van der Waals surface area contributed by atoms with Gasteiger partial charge in [0.05, 0.1) is 0 Å². The minimum atomic E-state index is 0.558. The van der Waals surface area contributed by atoms with Crippen LogP contribution in [0.4, 0.5) is 0 Å². The third kappa shape index (κ3) is 4.21. The van der Waals surface area contributed by atoms with E-state index in [9.17, 15) is 0 Å². The van der Waals surface area contributed by atoms with Crippen molar-refractivity contribution in [3.8, 4) is 11.5 Å². The Hall–Kier alpha value is -2.74. The Labute approximate surface area is 150 Å². The molecular formula is C23H24O2. The van der Waals surface area contributed by atoms with Crippen molar-refractivity contribution in [3.63, 3.8) is 0 Å². The molecule has 2 heteroatoms. The summed E-state index contributed by atoms with van der Waals surface area (Å²) in [6, 6.07) is 22.5. The van der Waals surface area contributed by atoms with Crippen LogP contribution in [0, 0.1) is 20.8 Å². The van der Waals surface area contributed by atoms with Crippen molar-refractivity contribution in [2.45, 2.75) is 34.0 Å². The SMILES string of the molecule is Cc1cc(OCc2ccccc2)c(C)c(OCc2ccccc2)c1C. The van der Waals surface area contributed by atoms with Gasteiger partial charge in [-0.25, -0.2) is 0 Å². The molecule has 0 spiro atoms. The third-order valence-electron chi connectivity index (χ3n) is 4.45. The first-order chi connectivity index (χ1) is 12.1. The summed E-state index contributed by atoms with van der Waals surface area (Å²) >= 11 is 0. The van der Waals surface area contributed by atoms with Crippen LogP contribution in [0.3, 0.4) is 0 Å². The van der Waals surface area contributed by atoms with E-state index in [1.54, 1.807) is 0 Å². The molecule has 0 aliphatic rings. The first-order valence-corrected chi connectivity index (χ1v) is 8.59. The number of ether oxygens (including phenoxy) is 2. The standard InChI is InChI=1S/C23H24O2/c1-17-14-22(24-15-20-10-6-4-7-11-20)19(3)23(18(17)2)25-16-21-12-8-5-9-13-21/h4-14H,15-16H2,1-3H3. The van der Waals surface area contributed by atoms with Crippen LogP contribution in [-0.4, -0.2) is 0 Å². The Morgan fingerprint density at radius 2 is 1.16 bits per heavy atom. The Kier molecular flexibility index (Phi) is 5.39. The summed E-state index contributed by atoms with van der Waals surface area (Å²) < 4.78 is 12.2. The quantitative estimate of drug-likeness (QED) is 0.570. The van der Waals surface area contributed by atoms with Crippen LogP contribution >= 0.6 is 0 Å². The smallest absolute Gasteiger partial charge is 0.129 e. The zero-order valence-corrected chi connectivity index (χ0v) is 15.1. The first kappa shape index (κ1) is 17.1. The lowest BCUT2D eigenvalue weighted by molar-refractivity contribution is 0.284. The largest absolute Gasteiger partial charge is 0.488 e. The van der Waals surface area contributed by atoms with Gasteiger partial charge in [-0.2, -0.15) is 0 Å². The van der Waals surface area contributed by atoms with Crippen molar-refractivity contribution < 1.29 is 9.47 Å². The minimum Gasteiger partial charge on any atom is -0.488 e. The Balaban J connectivity index is 1.79. The van der Waals surface area contributed by atoms with Gasteiger partial charge < -0.3 is 9.47 Å². The second-order valence-electron chi connectivity index (χ2n) is 6.32. The predicted octanol–water partition coefficient (Wildman–Crippen LogP) is 5.77. The predicted molar refractivity (Wildman–Crippen MR) is 102 cm³/mol. The molecule has 0 aliphatic heterocycles. The molecule has 0 saturated carbocycles. The van der Waals surface area contributed by atoms with Gasteiger partial charge in [-0.05, 0) is 49.1 Å². The lowest BCUT2D eigenvalue weighted by Crippen LogP contribution is -2.03. The molecule has 0 saturated heterocycles. The maximum Gasteiger partial charge on any atom is 0.129 e. The van der Waals surface area contributed by atoms with Gasteiger partial charge in [0.2, 0.25) is 0 Å². The van der Waals surface area contributed by atoms with E-state index >= 15 is 0 Å². The van der Waals surface area contributed by atoms with Crippen LogP contribution in [0.5, 0.6) is 11.5 Å². The Morgan fingerprint density at radius 1 is 0.640 bits per heavy atom. The molecule has 0 atom stereocenters. The first-order valence-electron chi connectivity index (χ1n) is 8.59. The molecular weight excluding hydrogens is 308 g/mol. The van der Waals surface area contributed by atoms with Crippen molar-refractivity contribution in [2.24, 2.45) is 0 Å². The Bertz CT molecular complexity index is 824. The fourth-order valence-electron chi connectivity index (χ4n) is 2.82. The van der Waals surface area contributed by atoms with E-state index in [1.807, 2.05) is 36.4 Å². The van der Waals surface area contributed by atoms with E-state index in [1.165, 1.54) is 11.1 Å². The summed E-state index contributed by atoms with van der Waals surface area (Å²) in [5.41, 5.74) is 5.72. The van der Waals surface area contributed by atoms with E-state index in [4.69, 9.17) is 9.47 Å². The molecule has 3 aromatic rings. The molecule has 0 heterocycles. The summed E-state index contributed by atoms with van der Waals surface area (Å²) in [6.45, 7) is 7.38. The van der Waals surface area contributed by atoms with Gasteiger partial charge in [-0.3, -0.25) is 0 Å². The monoisotopic (exact) mass is 332 g/mol. The van der Waals surface area contributed by atoms with E-state index in [0.29, 0.717) is 13.2 Å². The molecule has 0 fully saturated rings. The van der Waals surface area contributed by atoms with Crippen molar-refractivity contribution in [1.29, 1.82) is 0 Å². The van der Waals surface area contributed by atoms with Crippen molar-refractivity contribution in [1.82, 2.24) is 0 Å². The number of aryl methyl sites for hydroxylation is 1. The summed E-state index contributed by atoms with van der Waals surface area (Å²) in [7, 11) is 0. The van der Waals surface area contributed by atoms with Crippen molar-refractivity contribution in [2.75, 3.05) is 0 Å². The molecule has 2 nitrogen and oxygen atoms in total. The topological polar surface area (TPSA) is 18.5 Å². The number of rotatable bonds is 6. The van der Waals surface area contributed by atoms with Crippen molar-refractivity contribution >= 4 is 0 Å². The molecule has 128 valence electrons. The average molecular weight is 332 g/mol. The van der Waals surface area contributed by atoms with Crippen LogP contribution in [0.25, 0.3) is 0 Å². The molecule has 0 radical (unpaired) electrons. The normalized spacial score (nSPS) is 10.5. The molecule has 0 aromatic heterocycles. The van der Waals surface area contributed by atoms with Crippen LogP contribution in [-0.2, 0) is 13.2 Å². The lowest BCUT2D eigenvalue weighted by atomic mass is 10.0. The van der Waals surface area contributed by atoms with Gasteiger partial charge in [-0.1, -0.05) is 60.7 Å². The van der Waals surface area contributed by atoms with Gasteiger partial charge in [0.1, 0.15) is 24.7 Å². The van der Waals surface area contributed by atoms with Gasteiger partial charge in [0, 0.05) is 5.56 Å². The van der Waals surface area contributed by atoms with Gasteiger partial charge in [0.15, 0.2) is 0 Å². The zero-order chi connectivity index (χ0) is 17.6. The van der Waals surface area contributed by atoms with Crippen LogP contribution in [0.2, 0.25) is 0 Å². The zero-order valence-electron chi connectivity index (χ0n) is 15.1. The summed E-state index contributed by atoms with van der Waals surface area (Å²) in [5.74, 6) is 1.81. The molecule has 0 amide bonds. The highest BCUT2D eigenvalue weighted by molar-refractivity contribution is 5.52. The van der Waals surface area contributed by atoms with E-state index in [2.05, 4.69) is 51.1 Å². The maximum absolute atomic E-state index is 6.15. The number of hydrogen-bond acceptors (Lipinski definition) is 2. The lowest BCUT2D eigenvalue weighted by Gasteiger charge is -2.18. The molecule has 0 unspecified atom stereocenters. The molecule has 3 rings (SSSR count). The molecule has 25 heavy (non-hydrogen) atoms. The molecule has 0 N–H and O–H groups in total. The van der Waals surface area contributed by atoms with E-state index in [-0.39, 0.29) is 0 Å². The van der Waals surface area contributed by atoms with E-state index in [0.717, 1.165) is 28.2 Å². The number of hydrogen-bond donors (Lipinski definition) is 0. The van der Waals surface area contributed by atoms with Crippen LogP contribution in [0.1, 0.15) is 27.8 Å². The number of benzene rings is 3. The summed E-state index contributed by atoms with van der Waals surface area (Å²) in [6.07, 6.45) is 0.